The maximum atomic E-state index is 12.7. The highest BCUT2D eigenvalue weighted by molar-refractivity contribution is 9.10. The van der Waals surface area contributed by atoms with E-state index in [4.69, 9.17) is 0 Å². The standard InChI is InChI=1S/C20H22BrNO/c1-15-14-22(20(23)18-9-5-6-10-19(18)21)12-11-17(15)13-16-7-3-2-4-8-16/h2-10,15,17H,11-14H2,1H3/t15-,17-/m0/s1. The van der Waals surface area contributed by atoms with E-state index in [1.54, 1.807) is 0 Å². The van der Waals surface area contributed by atoms with E-state index in [1.165, 1.54) is 5.56 Å². The fraction of sp³-hybridized carbons (Fsp3) is 0.350. The van der Waals surface area contributed by atoms with Gasteiger partial charge >= 0.3 is 0 Å². The van der Waals surface area contributed by atoms with E-state index in [1.807, 2.05) is 29.2 Å². The fourth-order valence-electron chi connectivity index (χ4n) is 3.40. The fourth-order valence-corrected chi connectivity index (χ4v) is 3.86. The van der Waals surface area contributed by atoms with Crippen LogP contribution in [0.1, 0.15) is 29.3 Å². The predicted molar refractivity (Wildman–Crippen MR) is 97.5 cm³/mol. The number of carbonyl (C=O) groups is 1. The summed E-state index contributed by atoms with van der Waals surface area (Å²) < 4.78 is 0.879. The van der Waals surface area contributed by atoms with Crippen LogP contribution in [-0.2, 0) is 6.42 Å². The Kier molecular flexibility index (Phi) is 5.16. The van der Waals surface area contributed by atoms with Crippen molar-refractivity contribution in [3.63, 3.8) is 0 Å². The molecule has 23 heavy (non-hydrogen) atoms. The largest absolute Gasteiger partial charge is 0.338 e. The van der Waals surface area contributed by atoms with Crippen molar-refractivity contribution in [1.82, 2.24) is 4.90 Å². The average Bonchev–Trinajstić information content (AvgIpc) is 2.57. The molecule has 2 aromatic carbocycles. The summed E-state index contributed by atoms with van der Waals surface area (Å²) in [6.07, 6.45) is 2.19. The normalized spacial score (nSPS) is 21.2. The molecule has 0 unspecified atom stereocenters. The van der Waals surface area contributed by atoms with E-state index in [0.717, 1.165) is 36.0 Å². The molecule has 0 spiro atoms. The van der Waals surface area contributed by atoms with E-state index < -0.39 is 0 Å². The first-order chi connectivity index (χ1) is 11.1. The maximum Gasteiger partial charge on any atom is 0.255 e. The minimum atomic E-state index is 0.141. The molecule has 1 fully saturated rings. The highest BCUT2D eigenvalue weighted by Gasteiger charge is 2.29. The second-order valence-electron chi connectivity index (χ2n) is 6.45. The van der Waals surface area contributed by atoms with Gasteiger partial charge in [-0.25, -0.2) is 0 Å². The molecule has 0 saturated carbocycles. The number of likely N-dealkylation sites (tertiary alicyclic amines) is 1. The SMILES string of the molecule is C[C@H]1CN(C(=O)c2ccccc2Br)CC[C@H]1Cc1ccccc1. The average molecular weight is 372 g/mol. The van der Waals surface area contributed by atoms with Crippen LogP contribution in [0.3, 0.4) is 0 Å². The van der Waals surface area contributed by atoms with Crippen molar-refractivity contribution in [2.75, 3.05) is 13.1 Å². The Bertz CT molecular complexity index is 670. The van der Waals surface area contributed by atoms with Crippen molar-refractivity contribution in [3.8, 4) is 0 Å². The third kappa shape index (κ3) is 3.84. The van der Waals surface area contributed by atoms with Gasteiger partial charge in [0.25, 0.3) is 5.91 Å². The summed E-state index contributed by atoms with van der Waals surface area (Å²) in [5.74, 6) is 1.32. The third-order valence-electron chi connectivity index (χ3n) is 4.82. The van der Waals surface area contributed by atoms with E-state index in [9.17, 15) is 4.79 Å². The van der Waals surface area contributed by atoms with Gasteiger partial charge in [0.1, 0.15) is 0 Å². The highest BCUT2D eigenvalue weighted by atomic mass is 79.9. The lowest BCUT2D eigenvalue weighted by molar-refractivity contribution is 0.0612. The Balaban J connectivity index is 1.64. The molecule has 0 aromatic heterocycles. The van der Waals surface area contributed by atoms with Crippen molar-refractivity contribution in [2.45, 2.75) is 19.8 Å². The number of piperidine rings is 1. The molecule has 0 aliphatic carbocycles. The number of carbonyl (C=O) groups excluding carboxylic acids is 1. The first-order valence-corrected chi connectivity index (χ1v) is 9.02. The van der Waals surface area contributed by atoms with Gasteiger partial charge in [-0.1, -0.05) is 49.4 Å². The Morgan fingerprint density at radius 2 is 1.83 bits per heavy atom. The van der Waals surface area contributed by atoms with Crippen LogP contribution in [0, 0.1) is 11.8 Å². The lowest BCUT2D eigenvalue weighted by Crippen LogP contribution is -2.43. The minimum absolute atomic E-state index is 0.141. The molecule has 120 valence electrons. The van der Waals surface area contributed by atoms with E-state index >= 15 is 0 Å². The van der Waals surface area contributed by atoms with Gasteiger partial charge in [-0.05, 0) is 58.3 Å². The molecular formula is C20H22BrNO. The monoisotopic (exact) mass is 371 g/mol. The summed E-state index contributed by atoms with van der Waals surface area (Å²) in [5, 5.41) is 0. The minimum Gasteiger partial charge on any atom is -0.338 e. The molecule has 3 rings (SSSR count). The van der Waals surface area contributed by atoms with Gasteiger partial charge in [-0.2, -0.15) is 0 Å². The number of hydrogen-bond acceptors (Lipinski definition) is 1. The van der Waals surface area contributed by atoms with Crippen LogP contribution in [0.4, 0.5) is 0 Å². The second-order valence-corrected chi connectivity index (χ2v) is 7.30. The molecule has 2 nitrogen and oxygen atoms in total. The van der Waals surface area contributed by atoms with Gasteiger partial charge in [0.15, 0.2) is 0 Å². The number of benzene rings is 2. The molecule has 1 saturated heterocycles. The van der Waals surface area contributed by atoms with Crippen molar-refractivity contribution < 1.29 is 4.79 Å². The number of nitrogens with zero attached hydrogens (tertiary/aromatic N) is 1. The van der Waals surface area contributed by atoms with Crippen LogP contribution < -0.4 is 0 Å². The van der Waals surface area contributed by atoms with Gasteiger partial charge in [0.05, 0.1) is 5.56 Å². The molecule has 2 aromatic rings. The van der Waals surface area contributed by atoms with Crippen LogP contribution in [0.25, 0.3) is 0 Å². The first kappa shape index (κ1) is 16.3. The molecule has 1 aliphatic heterocycles. The van der Waals surface area contributed by atoms with E-state index in [-0.39, 0.29) is 5.91 Å². The maximum absolute atomic E-state index is 12.7. The summed E-state index contributed by atoms with van der Waals surface area (Å²) >= 11 is 3.49. The lowest BCUT2D eigenvalue weighted by atomic mass is 9.82. The third-order valence-corrected chi connectivity index (χ3v) is 5.51. The molecule has 2 atom stereocenters. The highest BCUT2D eigenvalue weighted by Crippen LogP contribution is 2.28. The van der Waals surface area contributed by atoms with Crippen molar-refractivity contribution in [1.29, 1.82) is 0 Å². The van der Waals surface area contributed by atoms with Gasteiger partial charge in [-0.15, -0.1) is 0 Å². The van der Waals surface area contributed by atoms with Gasteiger partial charge in [0, 0.05) is 17.6 Å². The molecule has 1 heterocycles. The Hall–Kier alpha value is -1.61. The smallest absolute Gasteiger partial charge is 0.255 e. The Morgan fingerprint density at radius 1 is 1.13 bits per heavy atom. The predicted octanol–water partition coefficient (Wildman–Crippen LogP) is 4.79. The number of halogens is 1. The molecule has 1 aliphatic rings. The van der Waals surface area contributed by atoms with Gasteiger partial charge in [0.2, 0.25) is 0 Å². The summed E-state index contributed by atoms with van der Waals surface area (Å²) in [7, 11) is 0. The van der Waals surface area contributed by atoms with Crippen molar-refractivity contribution in [3.05, 3.63) is 70.2 Å². The van der Waals surface area contributed by atoms with Crippen LogP contribution in [0.5, 0.6) is 0 Å². The van der Waals surface area contributed by atoms with Crippen LogP contribution >= 0.6 is 15.9 Å². The van der Waals surface area contributed by atoms with Gasteiger partial charge in [-0.3, -0.25) is 4.79 Å². The van der Waals surface area contributed by atoms with Gasteiger partial charge < -0.3 is 4.90 Å². The van der Waals surface area contributed by atoms with E-state index in [2.05, 4.69) is 53.2 Å². The Labute approximate surface area is 146 Å². The lowest BCUT2D eigenvalue weighted by Gasteiger charge is -2.37. The molecule has 0 bridgehead atoms. The molecule has 3 heteroatoms. The summed E-state index contributed by atoms with van der Waals surface area (Å²) in [6.45, 7) is 3.97. The molecular weight excluding hydrogens is 350 g/mol. The van der Waals surface area contributed by atoms with Crippen LogP contribution in [0.15, 0.2) is 59.1 Å². The topological polar surface area (TPSA) is 20.3 Å². The Morgan fingerprint density at radius 3 is 2.52 bits per heavy atom. The van der Waals surface area contributed by atoms with Crippen molar-refractivity contribution in [2.24, 2.45) is 11.8 Å². The van der Waals surface area contributed by atoms with Crippen LogP contribution in [0.2, 0.25) is 0 Å². The zero-order valence-corrected chi connectivity index (χ0v) is 15.0. The second kappa shape index (κ2) is 7.31. The summed E-state index contributed by atoms with van der Waals surface area (Å²) in [4.78, 5) is 14.7. The summed E-state index contributed by atoms with van der Waals surface area (Å²) in [6, 6.07) is 18.4. The summed E-state index contributed by atoms with van der Waals surface area (Å²) in [5.41, 5.74) is 2.16. The number of hydrogen-bond donors (Lipinski definition) is 0. The van der Waals surface area contributed by atoms with E-state index in [0.29, 0.717) is 11.8 Å². The first-order valence-electron chi connectivity index (χ1n) is 8.23. The molecule has 0 N–H and O–H groups in total. The van der Waals surface area contributed by atoms with Crippen molar-refractivity contribution >= 4 is 21.8 Å². The quantitative estimate of drug-likeness (QED) is 0.759. The number of rotatable bonds is 3. The molecule has 0 radical (unpaired) electrons. The molecule has 1 amide bonds. The van der Waals surface area contributed by atoms with Crippen LogP contribution in [-0.4, -0.2) is 23.9 Å². The zero-order chi connectivity index (χ0) is 16.2. The number of amides is 1. The zero-order valence-electron chi connectivity index (χ0n) is 13.4.